The highest BCUT2D eigenvalue weighted by Crippen LogP contribution is 2.55. The molecule has 4 saturated carbocycles. The molecule has 4 bridgehead atoms. The lowest BCUT2D eigenvalue weighted by atomic mass is 9.52. The van der Waals surface area contributed by atoms with E-state index in [0.717, 1.165) is 37.8 Å². The Morgan fingerprint density at radius 1 is 1.22 bits per heavy atom. The zero-order chi connectivity index (χ0) is 25.0. The number of halogens is 1. The highest BCUT2D eigenvalue weighted by Gasteiger charge is 2.55. The molecule has 2 heterocycles. The number of nitriles is 1. The van der Waals surface area contributed by atoms with E-state index in [1.165, 1.54) is 12.1 Å². The minimum absolute atomic E-state index is 0.0402. The Balaban J connectivity index is 1.13. The molecular formula is C27H31FN6O2. The lowest BCUT2D eigenvalue weighted by molar-refractivity contribution is -0.136. The molecule has 3 atom stereocenters. The predicted molar refractivity (Wildman–Crippen MR) is 132 cm³/mol. The van der Waals surface area contributed by atoms with Gasteiger partial charge in [-0.15, -0.1) is 0 Å². The van der Waals surface area contributed by atoms with Gasteiger partial charge in [0.05, 0.1) is 11.2 Å². The van der Waals surface area contributed by atoms with Gasteiger partial charge in [0.1, 0.15) is 17.6 Å². The number of carbonyl (C=O) groups excluding carboxylic acids is 1. The summed E-state index contributed by atoms with van der Waals surface area (Å²) in [6.07, 6.45) is 6.29. The first-order chi connectivity index (χ1) is 17.3. The van der Waals surface area contributed by atoms with E-state index in [9.17, 15) is 14.3 Å². The lowest BCUT2D eigenvalue weighted by Crippen LogP contribution is -2.61. The maximum atomic E-state index is 14.1. The van der Waals surface area contributed by atoms with Crippen LogP contribution in [0, 0.1) is 34.9 Å². The van der Waals surface area contributed by atoms with Crippen LogP contribution >= 0.6 is 0 Å². The highest BCUT2D eigenvalue weighted by molar-refractivity contribution is 5.92. The number of nitrogens with one attached hydrogen (secondary N) is 1. The second-order valence-electron chi connectivity index (χ2n) is 11.2. The second kappa shape index (κ2) is 8.70. The van der Waals surface area contributed by atoms with Crippen molar-refractivity contribution in [3.63, 3.8) is 0 Å². The molecule has 4 aliphatic carbocycles. The number of piperazine rings is 1. The van der Waals surface area contributed by atoms with E-state index in [4.69, 9.17) is 5.26 Å². The molecule has 36 heavy (non-hydrogen) atoms. The summed E-state index contributed by atoms with van der Waals surface area (Å²) in [5.41, 5.74) is 0.615. The Morgan fingerprint density at radius 3 is 2.67 bits per heavy atom. The standard InChI is InChI=1S/C27H31FN6O2/c1-16-15-33(21-3-2-18(14-29)22(28)10-21)6-7-34(16)26-30-5-4-23(31-26)25(35)32-24-19-8-17-9-20(24)13-27(36,11-17)12-19/h2-5,10,16-17,19-20,24,36H,6-9,11-13,15H2,1H3,(H,32,35). The van der Waals surface area contributed by atoms with Crippen molar-refractivity contribution in [1.29, 1.82) is 5.26 Å². The van der Waals surface area contributed by atoms with Crippen LogP contribution in [0.1, 0.15) is 55.1 Å². The predicted octanol–water partition coefficient (Wildman–Crippen LogP) is 2.87. The molecule has 2 N–H and O–H groups in total. The molecule has 2 aromatic rings. The molecule has 188 valence electrons. The number of benzene rings is 1. The summed E-state index contributed by atoms with van der Waals surface area (Å²) in [5.74, 6) is 1.09. The van der Waals surface area contributed by atoms with Crippen molar-refractivity contribution in [2.75, 3.05) is 29.4 Å². The van der Waals surface area contributed by atoms with E-state index < -0.39 is 11.4 Å². The van der Waals surface area contributed by atoms with Gasteiger partial charge in [0.25, 0.3) is 5.91 Å². The highest BCUT2D eigenvalue weighted by atomic mass is 19.1. The number of aromatic nitrogens is 2. The van der Waals surface area contributed by atoms with E-state index in [0.29, 0.717) is 49.0 Å². The molecule has 9 heteroatoms. The normalized spacial score (nSPS) is 32.9. The van der Waals surface area contributed by atoms with Crippen molar-refractivity contribution >= 4 is 17.5 Å². The Labute approximate surface area is 210 Å². The van der Waals surface area contributed by atoms with Gasteiger partial charge in [-0.25, -0.2) is 14.4 Å². The minimum atomic E-state index is -0.526. The zero-order valence-electron chi connectivity index (χ0n) is 20.4. The van der Waals surface area contributed by atoms with Crippen molar-refractivity contribution in [1.82, 2.24) is 15.3 Å². The van der Waals surface area contributed by atoms with E-state index in [1.807, 2.05) is 6.07 Å². The lowest BCUT2D eigenvalue weighted by Gasteiger charge is -2.58. The molecule has 1 amide bonds. The number of hydrogen-bond donors (Lipinski definition) is 2. The van der Waals surface area contributed by atoms with E-state index in [1.54, 1.807) is 18.3 Å². The summed E-state index contributed by atoms with van der Waals surface area (Å²) < 4.78 is 14.1. The maximum Gasteiger partial charge on any atom is 0.270 e. The summed E-state index contributed by atoms with van der Waals surface area (Å²) in [5, 5.41) is 23.1. The first kappa shape index (κ1) is 23.2. The molecule has 0 spiro atoms. The van der Waals surface area contributed by atoms with Gasteiger partial charge in [0.15, 0.2) is 0 Å². The monoisotopic (exact) mass is 490 g/mol. The Kier molecular flexibility index (Phi) is 5.60. The first-order valence-electron chi connectivity index (χ1n) is 12.9. The van der Waals surface area contributed by atoms with E-state index in [-0.39, 0.29) is 23.6 Å². The van der Waals surface area contributed by atoms with Crippen LogP contribution in [-0.4, -0.2) is 58.3 Å². The van der Waals surface area contributed by atoms with Crippen LogP contribution in [0.2, 0.25) is 0 Å². The van der Waals surface area contributed by atoms with Crippen LogP contribution < -0.4 is 15.1 Å². The summed E-state index contributed by atoms with van der Waals surface area (Å²) >= 11 is 0. The van der Waals surface area contributed by atoms with Gasteiger partial charge < -0.3 is 20.2 Å². The van der Waals surface area contributed by atoms with Crippen LogP contribution in [0.25, 0.3) is 0 Å². The van der Waals surface area contributed by atoms with Crippen molar-refractivity contribution in [2.45, 2.75) is 56.7 Å². The number of nitrogens with zero attached hydrogens (tertiary/aromatic N) is 5. The minimum Gasteiger partial charge on any atom is -0.390 e. The topological polar surface area (TPSA) is 105 Å². The molecule has 5 aliphatic rings. The molecule has 1 aromatic carbocycles. The number of aliphatic hydroxyl groups is 1. The summed E-state index contributed by atoms with van der Waals surface area (Å²) in [4.78, 5) is 26.4. The average Bonchev–Trinajstić information content (AvgIpc) is 2.85. The van der Waals surface area contributed by atoms with Crippen LogP contribution in [0.15, 0.2) is 30.5 Å². The third-order valence-electron chi connectivity index (χ3n) is 8.74. The zero-order valence-corrected chi connectivity index (χ0v) is 20.4. The van der Waals surface area contributed by atoms with Gasteiger partial charge in [-0.05, 0) is 81.0 Å². The number of anilines is 2. The third-order valence-corrected chi connectivity index (χ3v) is 8.74. The summed E-state index contributed by atoms with van der Waals surface area (Å²) in [6, 6.07) is 8.35. The van der Waals surface area contributed by atoms with Crippen molar-refractivity contribution in [3.05, 3.63) is 47.5 Å². The SMILES string of the molecule is CC1CN(c2ccc(C#N)c(F)c2)CCN1c1nccc(C(=O)NC2C3CC4CC2CC(O)(C4)C3)n1. The fourth-order valence-electron chi connectivity index (χ4n) is 7.34. The van der Waals surface area contributed by atoms with Crippen LogP contribution in [0.5, 0.6) is 0 Å². The quantitative estimate of drug-likeness (QED) is 0.679. The molecule has 1 aromatic heterocycles. The molecule has 3 unspecified atom stereocenters. The first-order valence-corrected chi connectivity index (χ1v) is 12.9. The van der Waals surface area contributed by atoms with Gasteiger partial charge in [-0.3, -0.25) is 4.79 Å². The molecule has 1 aliphatic heterocycles. The van der Waals surface area contributed by atoms with Gasteiger partial charge >= 0.3 is 0 Å². The van der Waals surface area contributed by atoms with Gasteiger partial charge in [-0.1, -0.05) is 0 Å². The Bertz CT molecular complexity index is 1210. The second-order valence-corrected chi connectivity index (χ2v) is 11.2. The van der Waals surface area contributed by atoms with Gasteiger partial charge in [0.2, 0.25) is 5.95 Å². The van der Waals surface area contributed by atoms with Crippen molar-refractivity contribution in [3.8, 4) is 6.07 Å². The maximum absolute atomic E-state index is 14.1. The molecule has 1 saturated heterocycles. The van der Waals surface area contributed by atoms with Crippen LogP contribution in [0.3, 0.4) is 0 Å². The van der Waals surface area contributed by atoms with Crippen LogP contribution in [-0.2, 0) is 0 Å². The summed E-state index contributed by atoms with van der Waals surface area (Å²) in [7, 11) is 0. The largest absolute Gasteiger partial charge is 0.390 e. The fraction of sp³-hybridized carbons (Fsp3) is 0.556. The van der Waals surface area contributed by atoms with Crippen LogP contribution in [0.4, 0.5) is 16.0 Å². The van der Waals surface area contributed by atoms with Crippen molar-refractivity contribution in [2.24, 2.45) is 17.8 Å². The fourth-order valence-corrected chi connectivity index (χ4v) is 7.34. The number of amides is 1. The smallest absolute Gasteiger partial charge is 0.270 e. The molecule has 7 rings (SSSR count). The Morgan fingerprint density at radius 2 is 2.00 bits per heavy atom. The van der Waals surface area contributed by atoms with E-state index in [2.05, 4.69) is 32.0 Å². The Hall–Kier alpha value is -3.25. The third kappa shape index (κ3) is 4.07. The molecule has 5 fully saturated rings. The van der Waals surface area contributed by atoms with Gasteiger partial charge in [-0.2, -0.15) is 5.26 Å². The van der Waals surface area contributed by atoms with E-state index >= 15 is 0 Å². The molecular weight excluding hydrogens is 459 g/mol. The number of carbonyl (C=O) groups is 1. The van der Waals surface area contributed by atoms with Gasteiger partial charge in [0, 0.05) is 43.6 Å². The molecule has 8 nitrogen and oxygen atoms in total. The number of hydrogen-bond acceptors (Lipinski definition) is 7. The average molecular weight is 491 g/mol. The molecule has 0 radical (unpaired) electrons. The van der Waals surface area contributed by atoms with Crippen molar-refractivity contribution < 1.29 is 14.3 Å². The summed E-state index contributed by atoms with van der Waals surface area (Å²) in [6.45, 7) is 3.97. The number of rotatable bonds is 4.